The highest BCUT2D eigenvalue weighted by Crippen LogP contribution is 2.21. The number of ether oxygens (including phenoxy) is 1. The molecule has 1 aromatic heterocycles. The molecular weight excluding hydrogens is 407 g/mol. The first-order chi connectivity index (χ1) is 14.4. The first kappa shape index (κ1) is 21.9. The van der Waals surface area contributed by atoms with Crippen molar-refractivity contribution in [1.82, 2.24) is 10.2 Å². The fourth-order valence-corrected chi connectivity index (χ4v) is 3.10. The van der Waals surface area contributed by atoms with E-state index >= 15 is 0 Å². The van der Waals surface area contributed by atoms with Crippen molar-refractivity contribution in [2.75, 3.05) is 20.6 Å². The van der Waals surface area contributed by atoms with Crippen LogP contribution in [0.25, 0.3) is 0 Å². The van der Waals surface area contributed by atoms with Gasteiger partial charge in [-0.1, -0.05) is 29.8 Å². The minimum absolute atomic E-state index is 0.176. The number of amides is 1. The molecule has 0 aliphatic carbocycles. The van der Waals surface area contributed by atoms with Crippen molar-refractivity contribution in [3.63, 3.8) is 0 Å². The van der Waals surface area contributed by atoms with E-state index in [1.54, 1.807) is 48.5 Å². The average molecular weight is 431 g/mol. The Morgan fingerprint density at radius 3 is 2.63 bits per heavy atom. The molecule has 30 heavy (non-hydrogen) atoms. The second kappa shape index (κ2) is 10.3. The molecule has 0 aliphatic heterocycles. The van der Waals surface area contributed by atoms with Gasteiger partial charge >= 0.3 is 0 Å². The van der Waals surface area contributed by atoms with Crippen molar-refractivity contribution in [2.24, 2.45) is 0 Å². The molecule has 0 saturated heterocycles. The molecule has 3 rings (SSSR count). The maximum atomic E-state index is 13.3. The predicted octanol–water partition coefficient (Wildman–Crippen LogP) is 5.07. The summed E-state index contributed by atoms with van der Waals surface area (Å²) in [5.41, 5.74) is 0.836. The Labute approximate surface area is 180 Å². The van der Waals surface area contributed by atoms with E-state index in [0.717, 1.165) is 12.1 Å². The van der Waals surface area contributed by atoms with Crippen LogP contribution in [0.15, 0.2) is 65.1 Å². The lowest BCUT2D eigenvalue weighted by molar-refractivity contribution is 0.0900. The van der Waals surface area contributed by atoms with Gasteiger partial charge in [-0.3, -0.25) is 4.79 Å². The summed E-state index contributed by atoms with van der Waals surface area (Å²) < 4.78 is 24.6. The van der Waals surface area contributed by atoms with Crippen LogP contribution in [-0.4, -0.2) is 31.4 Å². The van der Waals surface area contributed by atoms with Gasteiger partial charge in [-0.15, -0.1) is 0 Å². The molecular formula is C23H24ClFN2O3. The SMILES string of the molecule is CN(C)CCC(NC(=O)c1ccc(COc2cccc(Cl)c2)o1)c1ccc(F)cc1. The van der Waals surface area contributed by atoms with E-state index in [1.807, 2.05) is 19.0 Å². The molecule has 1 unspecified atom stereocenters. The summed E-state index contributed by atoms with van der Waals surface area (Å²) in [6.45, 7) is 0.939. The van der Waals surface area contributed by atoms with Crippen LogP contribution in [0.2, 0.25) is 5.02 Å². The first-order valence-corrected chi connectivity index (χ1v) is 9.96. The molecule has 0 fully saturated rings. The van der Waals surface area contributed by atoms with Gasteiger partial charge < -0.3 is 19.4 Å². The third-order valence-corrected chi connectivity index (χ3v) is 4.74. The zero-order valence-electron chi connectivity index (χ0n) is 16.9. The molecule has 0 spiro atoms. The van der Waals surface area contributed by atoms with Crippen molar-refractivity contribution < 1.29 is 18.3 Å². The maximum absolute atomic E-state index is 13.3. The molecule has 0 aliphatic rings. The summed E-state index contributed by atoms with van der Waals surface area (Å²) in [6.07, 6.45) is 0.676. The number of nitrogens with zero attached hydrogens (tertiary/aromatic N) is 1. The zero-order valence-corrected chi connectivity index (χ0v) is 17.7. The van der Waals surface area contributed by atoms with Gasteiger partial charge in [-0.25, -0.2) is 4.39 Å². The molecule has 5 nitrogen and oxygen atoms in total. The molecule has 2 aromatic carbocycles. The Morgan fingerprint density at radius 2 is 1.93 bits per heavy atom. The van der Waals surface area contributed by atoms with Gasteiger partial charge in [0.2, 0.25) is 0 Å². The largest absolute Gasteiger partial charge is 0.486 e. The highest BCUT2D eigenvalue weighted by molar-refractivity contribution is 6.30. The Hall–Kier alpha value is -2.83. The Bertz CT molecular complexity index is 973. The lowest BCUT2D eigenvalue weighted by Crippen LogP contribution is -2.30. The van der Waals surface area contributed by atoms with E-state index in [-0.39, 0.29) is 30.1 Å². The van der Waals surface area contributed by atoms with Crippen LogP contribution in [0.3, 0.4) is 0 Å². The van der Waals surface area contributed by atoms with Crippen LogP contribution in [0.1, 0.15) is 34.3 Å². The zero-order chi connectivity index (χ0) is 21.5. The van der Waals surface area contributed by atoms with Crippen LogP contribution in [-0.2, 0) is 6.61 Å². The van der Waals surface area contributed by atoms with Gasteiger partial charge in [0.15, 0.2) is 5.76 Å². The van der Waals surface area contributed by atoms with Gasteiger partial charge in [0.05, 0.1) is 6.04 Å². The molecule has 1 atom stereocenters. The van der Waals surface area contributed by atoms with Gasteiger partial charge in [0, 0.05) is 5.02 Å². The van der Waals surface area contributed by atoms with Gasteiger partial charge in [0.1, 0.15) is 23.9 Å². The highest BCUT2D eigenvalue weighted by Gasteiger charge is 2.19. The maximum Gasteiger partial charge on any atom is 0.287 e. The quantitative estimate of drug-likeness (QED) is 0.514. The number of carbonyl (C=O) groups is 1. The monoisotopic (exact) mass is 430 g/mol. The second-order valence-electron chi connectivity index (χ2n) is 7.18. The third kappa shape index (κ3) is 6.34. The summed E-state index contributed by atoms with van der Waals surface area (Å²) in [6, 6.07) is 16.2. The fourth-order valence-electron chi connectivity index (χ4n) is 2.92. The van der Waals surface area contributed by atoms with Crippen LogP contribution >= 0.6 is 11.6 Å². The van der Waals surface area contributed by atoms with Crippen molar-refractivity contribution in [3.05, 3.63) is 88.6 Å². The number of hydrogen-bond acceptors (Lipinski definition) is 4. The first-order valence-electron chi connectivity index (χ1n) is 9.59. The molecule has 1 amide bonds. The normalized spacial score (nSPS) is 12.0. The molecule has 0 saturated carbocycles. The summed E-state index contributed by atoms with van der Waals surface area (Å²) in [5.74, 6) is 0.678. The van der Waals surface area contributed by atoms with Gasteiger partial charge in [-0.2, -0.15) is 0 Å². The van der Waals surface area contributed by atoms with Crippen molar-refractivity contribution >= 4 is 17.5 Å². The van der Waals surface area contributed by atoms with Crippen molar-refractivity contribution in [2.45, 2.75) is 19.1 Å². The van der Waals surface area contributed by atoms with E-state index in [4.69, 9.17) is 20.8 Å². The summed E-state index contributed by atoms with van der Waals surface area (Å²) >= 11 is 5.94. The minimum atomic E-state index is -0.336. The Balaban J connectivity index is 1.64. The molecule has 7 heteroatoms. The van der Waals surface area contributed by atoms with E-state index in [0.29, 0.717) is 23.0 Å². The standard InChI is InChI=1S/C23H24ClFN2O3/c1-27(2)13-12-21(16-6-8-18(25)9-7-16)26-23(28)22-11-10-20(30-22)15-29-19-5-3-4-17(24)14-19/h3-11,14,21H,12-13,15H2,1-2H3,(H,26,28). The van der Waals surface area contributed by atoms with Crippen molar-refractivity contribution in [3.8, 4) is 5.75 Å². The molecule has 158 valence electrons. The van der Waals surface area contributed by atoms with Crippen molar-refractivity contribution in [1.29, 1.82) is 0 Å². The average Bonchev–Trinajstić information content (AvgIpc) is 3.19. The van der Waals surface area contributed by atoms with Crippen LogP contribution in [0.5, 0.6) is 5.75 Å². The minimum Gasteiger partial charge on any atom is -0.486 e. The molecule has 3 aromatic rings. The third-order valence-electron chi connectivity index (χ3n) is 4.51. The second-order valence-corrected chi connectivity index (χ2v) is 7.62. The number of halogens is 2. The number of furan rings is 1. The number of carbonyl (C=O) groups excluding carboxylic acids is 1. The van der Waals surface area contributed by atoms with Crippen LogP contribution in [0, 0.1) is 5.82 Å². The van der Waals surface area contributed by atoms with E-state index in [9.17, 15) is 9.18 Å². The molecule has 1 heterocycles. The molecule has 0 bridgehead atoms. The number of hydrogen-bond donors (Lipinski definition) is 1. The number of rotatable bonds is 9. The summed E-state index contributed by atoms with van der Waals surface area (Å²) in [5, 5.41) is 3.56. The molecule has 0 radical (unpaired) electrons. The fraction of sp³-hybridized carbons (Fsp3) is 0.261. The van der Waals surface area contributed by atoms with E-state index in [2.05, 4.69) is 5.32 Å². The van der Waals surface area contributed by atoms with Crippen LogP contribution in [0.4, 0.5) is 4.39 Å². The summed E-state index contributed by atoms with van der Waals surface area (Å²) in [4.78, 5) is 14.8. The van der Waals surface area contributed by atoms with E-state index in [1.165, 1.54) is 12.1 Å². The number of nitrogens with one attached hydrogen (secondary N) is 1. The number of benzene rings is 2. The Kier molecular flexibility index (Phi) is 7.49. The van der Waals surface area contributed by atoms with Gasteiger partial charge in [0.25, 0.3) is 5.91 Å². The van der Waals surface area contributed by atoms with E-state index < -0.39 is 0 Å². The summed E-state index contributed by atoms with van der Waals surface area (Å²) in [7, 11) is 3.92. The van der Waals surface area contributed by atoms with Gasteiger partial charge in [-0.05, 0) is 75.1 Å². The Morgan fingerprint density at radius 1 is 1.17 bits per heavy atom. The topological polar surface area (TPSA) is 54.7 Å². The smallest absolute Gasteiger partial charge is 0.287 e. The highest BCUT2D eigenvalue weighted by atomic mass is 35.5. The lowest BCUT2D eigenvalue weighted by atomic mass is 10.0. The lowest BCUT2D eigenvalue weighted by Gasteiger charge is -2.21. The predicted molar refractivity (Wildman–Crippen MR) is 114 cm³/mol. The van der Waals surface area contributed by atoms with Crippen LogP contribution < -0.4 is 10.1 Å². The molecule has 1 N–H and O–H groups in total.